The van der Waals surface area contributed by atoms with Crippen molar-refractivity contribution in [3.05, 3.63) is 33.8 Å². The highest BCUT2D eigenvalue weighted by Gasteiger charge is 2.10. The van der Waals surface area contributed by atoms with Gasteiger partial charge in [0.25, 0.3) is 0 Å². The molecule has 0 bridgehead atoms. The Morgan fingerprint density at radius 3 is 2.67 bits per heavy atom. The molecule has 0 spiro atoms. The summed E-state index contributed by atoms with van der Waals surface area (Å²) in [5.74, 6) is -0.0467. The topological polar surface area (TPSA) is 29.5 Å². The molecule has 1 aromatic carbocycles. The van der Waals surface area contributed by atoms with Gasteiger partial charge < -0.3 is 9.64 Å². The standard InChI is InChI=1S/C13H17Cl2NO2/c1-3-6-18-9-13(17)16(2)8-10-4-5-11(14)12(15)7-10/h4-5,7H,3,6,8-9H2,1-2H3. The minimum absolute atomic E-state index is 0.0467. The number of nitrogens with zero attached hydrogens (tertiary/aromatic N) is 1. The van der Waals surface area contributed by atoms with Gasteiger partial charge in [-0.3, -0.25) is 4.79 Å². The van der Waals surface area contributed by atoms with Crippen molar-refractivity contribution in [2.24, 2.45) is 0 Å². The molecule has 0 atom stereocenters. The van der Waals surface area contributed by atoms with Gasteiger partial charge in [-0.15, -0.1) is 0 Å². The van der Waals surface area contributed by atoms with Crippen molar-refractivity contribution in [2.75, 3.05) is 20.3 Å². The Morgan fingerprint density at radius 1 is 1.33 bits per heavy atom. The van der Waals surface area contributed by atoms with E-state index in [2.05, 4.69) is 0 Å². The summed E-state index contributed by atoms with van der Waals surface area (Å²) in [5.41, 5.74) is 0.941. The first-order valence-corrected chi connectivity index (χ1v) is 6.55. The van der Waals surface area contributed by atoms with Gasteiger partial charge in [0.05, 0.1) is 10.0 Å². The van der Waals surface area contributed by atoms with Crippen LogP contribution < -0.4 is 0 Å². The molecule has 3 nitrogen and oxygen atoms in total. The van der Waals surface area contributed by atoms with Crippen molar-refractivity contribution >= 4 is 29.1 Å². The lowest BCUT2D eigenvalue weighted by atomic mass is 10.2. The quantitative estimate of drug-likeness (QED) is 0.752. The van der Waals surface area contributed by atoms with Gasteiger partial charge in [-0.2, -0.15) is 0 Å². The zero-order valence-corrected chi connectivity index (χ0v) is 12.1. The van der Waals surface area contributed by atoms with Crippen molar-refractivity contribution in [3.63, 3.8) is 0 Å². The maximum Gasteiger partial charge on any atom is 0.248 e. The van der Waals surface area contributed by atoms with Crippen LogP contribution in [0.1, 0.15) is 18.9 Å². The Labute approximate surface area is 118 Å². The maximum absolute atomic E-state index is 11.7. The summed E-state index contributed by atoms with van der Waals surface area (Å²) in [7, 11) is 1.74. The number of benzene rings is 1. The molecule has 0 heterocycles. The van der Waals surface area contributed by atoms with Crippen LogP contribution in [0.25, 0.3) is 0 Å². The van der Waals surface area contributed by atoms with E-state index in [0.717, 1.165) is 12.0 Å². The number of rotatable bonds is 6. The Morgan fingerprint density at radius 2 is 2.06 bits per heavy atom. The minimum Gasteiger partial charge on any atom is -0.372 e. The van der Waals surface area contributed by atoms with Crippen molar-refractivity contribution in [2.45, 2.75) is 19.9 Å². The lowest BCUT2D eigenvalue weighted by Gasteiger charge is -2.17. The highest BCUT2D eigenvalue weighted by Crippen LogP contribution is 2.23. The van der Waals surface area contributed by atoms with Gasteiger partial charge in [-0.1, -0.05) is 36.2 Å². The van der Waals surface area contributed by atoms with Crippen LogP contribution in [0.3, 0.4) is 0 Å². The molecule has 0 aromatic heterocycles. The Hall–Kier alpha value is -0.770. The van der Waals surface area contributed by atoms with Crippen LogP contribution in [-0.4, -0.2) is 31.1 Å². The van der Waals surface area contributed by atoms with Crippen LogP contribution in [0, 0.1) is 0 Å². The minimum atomic E-state index is -0.0467. The summed E-state index contributed by atoms with van der Waals surface area (Å²) < 4.78 is 5.21. The molecule has 100 valence electrons. The van der Waals surface area contributed by atoms with Crippen LogP contribution in [0.2, 0.25) is 10.0 Å². The third kappa shape index (κ3) is 4.84. The average molecular weight is 290 g/mol. The lowest BCUT2D eigenvalue weighted by molar-refractivity contribution is -0.135. The second-order valence-electron chi connectivity index (χ2n) is 4.05. The average Bonchev–Trinajstić information content (AvgIpc) is 2.34. The van der Waals surface area contributed by atoms with Gasteiger partial charge in [-0.25, -0.2) is 0 Å². The third-order valence-electron chi connectivity index (χ3n) is 2.40. The first-order chi connectivity index (χ1) is 8.54. The maximum atomic E-state index is 11.7. The molecule has 0 saturated heterocycles. The highest BCUT2D eigenvalue weighted by atomic mass is 35.5. The number of carbonyl (C=O) groups is 1. The molecule has 0 aliphatic carbocycles. The van der Waals surface area contributed by atoms with Crippen molar-refractivity contribution in [1.82, 2.24) is 4.90 Å². The van der Waals surface area contributed by atoms with E-state index < -0.39 is 0 Å². The second-order valence-corrected chi connectivity index (χ2v) is 4.87. The highest BCUT2D eigenvalue weighted by molar-refractivity contribution is 6.42. The second kappa shape index (κ2) is 7.62. The Bertz CT molecular complexity index is 410. The van der Waals surface area contributed by atoms with E-state index in [1.165, 1.54) is 0 Å². The van der Waals surface area contributed by atoms with Crippen LogP contribution >= 0.6 is 23.2 Å². The zero-order chi connectivity index (χ0) is 13.5. The van der Waals surface area contributed by atoms with Crippen LogP contribution in [0.5, 0.6) is 0 Å². The number of carbonyl (C=O) groups excluding carboxylic acids is 1. The molecule has 0 aliphatic heterocycles. The summed E-state index contributed by atoms with van der Waals surface area (Å²) in [4.78, 5) is 13.3. The molecule has 0 radical (unpaired) electrons. The molecule has 0 N–H and O–H groups in total. The van der Waals surface area contributed by atoms with Crippen LogP contribution in [0.4, 0.5) is 0 Å². The predicted molar refractivity (Wildman–Crippen MR) is 74.0 cm³/mol. The molecule has 5 heteroatoms. The van der Waals surface area contributed by atoms with Crippen molar-refractivity contribution in [3.8, 4) is 0 Å². The predicted octanol–water partition coefficient (Wildman–Crippen LogP) is 3.38. The first-order valence-electron chi connectivity index (χ1n) is 5.80. The van der Waals surface area contributed by atoms with E-state index in [-0.39, 0.29) is 12.5 Å². The van der Waals surface area contributed by atoms with E-state index in [0.29, 0.717) is 23.2 Å². The molecule has 0 saturated carbocycles. The number of likely N-dealkylation sites (N-methyl/N-ethyl adjacent to an activating group) is 1. The normalized spacial score (nSPS) is 10.4. The van der Waals surface area contributed by atoms with Gasteiger partial charge in [-0.05, 0) is 24.1 Å². The fourth-order valence-corrected chi connectivity index (χ4v) is 1.73. The van der Waals surface area contributed by atoms with Gasteiger partial charge in [0.15, 0.2) is 0 Å². The Kier molecular flexibility index (Phi) is 6.47. The van der Waals surface area contributed by atoms with Gasteiger partial charge in [0.1, 0.15) is 6.61 Å². The molecule has 1 rings (SSSR count). The number of ether oxygens (including phenoxy) is 1. The van der Waals surface area contributed by atoms with E-state index in [1.807, 2.05) is 13.0 Å². The fourth-order valence-electron chi connectivity index (χ4n) is 1.41. The monoisotopic (exact) mass is 289 g/mol. The molecule has 1 amide bonds. The summed E-state index contributed by atoms with van der Waals surface area (Å²) in [6, 6.07) is 5.34. The number of hydrogen-bond acceptors (Lipinski definition) is 2. The molecule has 1 aromatic rings. The van der Waals surface area contributed by atoms with E-state index in [4.69, 9.17) is 27.9 Å². The largest absolute Gasteiger partial charge is 0.372 e. The van der Waals surface area contributed by atoms with Gasteiger partial charge in [0, 0.05) is 20.2 Å². The smallest absolute Gasteiger partial charge is 0.248 e. The van der Waals surface area contributed by atoms with Crippen LogP contribution in [-0.2, 0) is 16.1 Å². The summed E-state index contributed by atoms with van der Waals surface area (Å²) in [6.45, 7) is 3.22. The number of halogens is 2. The number of amides is 1. The summed E-state index contributed by atoms with van der Waals surface area (Å²) in [6.07, 6.45) is 0.907. The molecule has 0 unspecified atom stereocenters. The third-order valence-corrected chi connectivity index (χ3v) is 3.14. The summed E-state index contributed by atoms with van der Waals surface area (Å²) in [5, 5.41) is 1.01. The molecule has 0 aliphatic rings. The fraction of sp³-hybridized carbons (Fsp3) is 0.462. The van der Waals surface area contributed by atoms with Gasteiger partial charge in [0.2, 0.25) is 5.91 Å². The zero-order valence-electron chi connectivity index (χ0n) is 10.6. The number of hydrogen-bond donors (Lipinski definition) is 0. The van der Waals surface area contributed by atoms with Crippen LogP contribution in [0.15, 0.2) is 18.2 Å². The van der Waals surface area contributed by atoms with Crippen molar-refractivity contribution in [1.29, 1.82) is 0 Å². The van der Waals surface area contributed by atoms with Gasteiger partial charge >= 0.3 is 0 Å². The molecular weight excluding hydrogens is 273 g/mol. The molecule has 18 heavy (non-hydrogen) atoms. The molecule has 0 fully saturated rings. The van der Waals surface area contributed by atoms with E-state index >= 15 is 0 Å². The van der Waals surface area contributed by atoms with E-state index in [1.54, 1.807) is 24.1 Å². The lowest BCUT2D eigenvalue weighted by Crippen LogP contribution is -2.29. The Balaban J connectivity index is 2.50. The first kappa shape index (κ1) is 15.3. The van der Waals surface area contributed by atoms with Crippen molar-refractivity contribution < 1.29 is 9.53 Å². The SMILES string of the molecule is CCCOCC(=O)N(C)Cc1ccc(Cl)c(Cl)c1. The van der Waals surface area contributed by atoms with E-state index in [9.17, 15) is 4.79 Å². The summed E-state index contributed by atoms with van der Waals surface area (Å²) >= 11 is 11.8. The molecular formula is C13H17Cl2NO2.